The smallest absolute Gasteiger partial charge is 0.318 e. The number of piperazine rings is 1. The van der Waals surface area contributed by atoms with E-state index < -0.39 is 17.8 Å². The number of halogens is 2. The van der Waals surface area contributed by atoms with Crippen LogP contribution in [0.1, 0.15) is 17.7 Å². The summed E-state index contributed by atoms with van der Waals surface area (Å²) in [7, 11) is 2.04. The summed E-state index contributed by atoms with van der Waals surface area (Å²) in [5.74, 6) is -1.06. The van der Waals surface area contributed by atoms with Crippen molar-refractivity contribution >= 4 is 39.8 Å². The third-order valence-corrected chi connectivity index (χ3v) is 8.81. The predicted octanol–water partition coefficient (Wildman–Crippen LogP) is 4.51. The van der Waals surface area contributed by atoms with Crippen molar-refractivity contribution in [1.82, 2.24) is 19.8 Å². The fraction of sp³-hybridized carbons (Fsp3) is 0.375. The van der Waals surface area contributed by atoms with E-state index in [1.54, 1.807) is 0 Å². The molecule has 0 bridgehead atoms. The quantitative estimate of drug-likeness (QED) is 0.289. The number of hydrogen-bond acceptors (Lipinski definition) is 8. The van der Waals surface area contributed by atoms with Crippen LogP contribution in [0.25, 0.3) is 10.8 Å². The number of nitrogens with zero attached hydrogens (tertiary/aromatic N) is 7. The van der Waals surface area contributed by atoms with E-state index in [-0.39, 0.29) is 25.0 Å². The van der Waals surface area contributed by atoms with Crippen molar-refractivity contribution < 1.29 is 13.9 Å². The number of benzene rings is 2. The van der Waals surface area contributed by atoms with Gasteiger partial charge in [0.05, 0.1) is 41.8 Å². The van der Waals surface area contributed by atoms with E-state index in [1.165, 1.54) is 4.90 Å². The van der Waals surface area contributed by atoms with Gasteiger partial charge in [0.1, 0.15) is 12.4 Å². The van der Waals surface area contributed by atoms with E-state index in [0.717, 1.165) is 46.6 Å². The number of ether oxygens (including phenoxy) is 1. The number of hydrogen-bond donors (Lipinski definition) is 0. The molecule has 0 N–H and O–H groups in total. The Hall–Kier alpha value is -4.20. The van der Waals surface area contributed by atoms with Crippen molar-refractivity contribution in [3.63, 3.8) is 0 Å². The van der Waals surface area contributed by atoms with Crippen molar-refractivity contribution in [2.45, 2.75) is 31.5 Å². The minimum absolute atomic E-state index is 0.0715. The summed E-state index contributed by atoms with van der Waals surface area (Å²) in [5, 5.41) is 12.3. The van der Waals surface area contributed by atoms with E-state index in [9.17, 15) is 14.4 Å². The highest BCUT2D eigenvalue weighted by molar-refractivity contribution is 6.36. The van der Waals surface area contributed by atoms with Crippen molar-refractivity contribution in [1.29, 1.82) is 5.26 Å². The summed E-state index contributed by atoms with van der Waals surface area (Å²) in [6.07, 6.45) is 4.99. The molecule has 0 radical (unpaired) electrons. The Morgan fingerprint density at radius 2 is 2.00 bits per heavy atom. The average molecular weight is 602 g/mol. The molecule has 4 heterocycles. The maximum absolute atomic E-state index is 13.8. The Bertz CT molecular complexity index is 1630. The van der Waals surface area contributed by atoms with Gasteiger partial charge in [-0.25, -0.2) is 4.39 Å². The molecule has 0 unspecified atom stereocenters. The molecule has 2 atom stereocenters. The van der Waals surface area contributed by atoms with Crippen LogP contribution in [0.15, 0.2) is 61.0 Å². The topological polar surface area (TPSA) is 88.8 Å². The Balaban J connectivity index is 1.34. The first-order valence-corrected chi connectivity index (χ1v) is 14.8. The Morgan fingerprint density at radius 3 is 2.74 bits per heavy atom. The summed E-state index contributed by atoms with van der Waals surface area (Å²) in [4.78, 5) is 30.2. The SMILES string of the molecule is C=C(F)C(=O)N1CCN(c2nc(OC[C@@H]3C=CCN3C)nc3c2CCN(c2cccc4cccc(Cl)c24)C3)C[C@@H]1CC#N. The number of aromatic nitrogens is 2. The van der Waals surface area contributed by atoms with E-state index >= 15 is 0 Å². The van der Waals surface area contributed by atoms with E-state index in [4.69, 9.17) is 26.3 Å². The van der Waals surface area contributed by atoms with Crippen LogP contribution >= 0.6 is 11.6 Å². The first-order chi connectivity index (χ1) is 20.8. The van der Waals surface area contributed by atoms with Gasteiger partial charge >= 0.3 is 6.01 Å². The van der Waals surface area contributed by atoms with Gasteiger partial charge in [-0.1, -0.05) is 54.6 Å². The molecule has 1 amide bonds. The summed E-state index contributed by atoms with van der Waals surface area (Å²) in [6.45, 7) is 6.73. The van der Waals surface area contributed by atoms with Gasteiger partial charge in [0.15, 0.2) is 5.83 Å². The molecule has 9 nitrogen and oxygen atoms in total. The van der Waals surface area contributed by atoms with Gasteiger partial charge in [-0.15, -0.1) is 0 Å². The lowest BCUT2D eigenvalue weighted by atomic mass is 10.0. The summed E-state index contributed by atoms with van der Waals surface area (Å²) in [6, 6.07) is 14.2. The van der Waals surface area contributed by atoms with Crippen LogP contribution in [0.5, 0.6) is 6.01 Å². The maximum atomic E-state index is 13.8. The zero-order valence-corrected chi connectivity index (χ0v) is 24.8. The predicted molar refractivity (Wildman–Crippen MR) is 165 cm³/mol. The lowest BCUT2D eigenvalue weighted by Gasteiger charge is -2.42. The summed E-state index contributed by atoms with van der Waals surface area (Å²) < 4.78 is 20.0. The minimum Gasteiger partial charge on any atom is -0.461 e. The highest BCUT2D eigenvalue weighted by Crippen LogP contribution is 2.37. The van der Waals surface area contributed by atoms with Crippen LogP contribution in [0, 0.1) is 11.3 Å². The number of likely N-dealkylation sites (N-methyl/N-ethyl adjacent to an activating group) is 1. The van der Waals surface area contributed by atoms with Gasteiger partial charge in [0.25, 0.3) is 5.91 Å². The molecule has 0 aliphatic carbocycles. The third kappa shape index (κ3) is 5.75. The van der Waals surface area contributed by atoms with Crippen LogP contribution in [0.2, 0.25) is 5.02 Å². The second-order valence-electron chi connectivity index (χ2n) is 11.2. The zero-order chi connectivity index (χ0) is 30.1. The number of nitriles is 1. The third-order valence-electron chi connectivity index (χ3n) is 8.50. The van der Waals surface area contributed by atoms with Gasteiger partial charge < -0.3 is 19.4 Å². The lowest BCUT2D eigenvalue weighted by molar-refractivity contribution is -0.131. The molecule has 3 aromatic rings. The molecule has 0 spiro atoms. The molecule has 6 rings (SSSR count). The van der Waals surface area contributed by atoms with Crippen molar-refractivity contribution in [3.05, 3.63) is 77.2 Å². The monoisotopic (exact) mass is 601 g/mol. The van der Waals surface area contributed by atoms with E-state index in [0.29, 0.717) is 37.7 Å². The minimum atomic E-state index is -1.02. The highest BCUT2D eigenvalue weighted by atomic mass is 35.5. The van der Waals surface area contributed by atoms with Crippen LogP contribution in [0.3, 0.4) is 0 Å². The van der Waals surface area contributed by atoms with Crippen LogP contribution in [-0.4, -0.2) is 84.1 Å². The Kier molecular flexibility index (Phi) is 8.19. The highest BCUT2D eigenvalue weighted by Gasteiger charge is 2.35. The molecular formula is C32H33ClFN7O2. The maximum Gasteiger partial charge on any atom is 0.318 e. The van der Waals surface area contributed by atoms with Crippen molar-refractivity contribution in [2.75, 3.05) is 56.2 Å². The molecule has 3 aliphatic rings. The molecule has 222 valence electrons. The first-order valence-electron chi connectivity index (χ1n) is 14.4. The number of carbonyl (C=O) groups is 1. The second kappa shape index (κ2) is 12.2. The van der Waals surface area contributed by atoms with E-state index in [1.807, 2.05) is 25.2 Å². The standard InChI is InChI=1S/C32H33ClFN7O2/c1-21(34)31(42)41-17-16-40(18-23(41)11-13-35)30-25-12-15-39(28-10-4-7-22-6-3-9-26(33)29(22)28)19-27(25)36-32(37-30)43-20-24-8-5-14-38(24)2/h3-10,23-24H,1,11-12,14-20H2,2H3/t23-,24-/m0/s1. The normalized spacial score (nSPS) is 20.3. The molecule has 11 heteroatoms. The van der Waals surface area contributed by atoms with Crippen LogP contribution < -0.4 is 14.5 Å². The molecule has 2 aromatic carbocycles. The van der Waals surface area contributed by atoms with Crippen molar-refractivity contribution in [3.8, 4) is 12.1 Å². The molecule has 43 heavy (non-hydrogen) atoms. The van der Waals surface area contributed by atoms with Crippen LogP contribution in [0.4, 0.5) is 15.9 Å². The number of carbonyl (C=O) groups excluding carboxylic acids is 1. The number of anilines is 2. The fourth-order valence-electron chi connectivity index (χ4n) is 6.22. The summed E-state index contributed by atoms with van der Waals surface area (Å²) in [5.41, 5.74) is 2.91. The number of fused-ring (bicyclic) bond motifs is 2. The van der Waals surface area contributed by atoms with Gasteiger partial charge in [-0.3, -0.25) is 9.69 Å². The second-order valence-corrected chi connectivity index (χ2v) is 11.6. The van der Waals surface area contributed by atoms with Gasteiger partial charge in [0, 0.05) is 49.4 Å². The van der Waals surface area contributed by atoms with Gasteiger partial charge in [0.2, 0.25) is 0 Å². The lowest BCUT2D eigenvalue weighted by Crippen LogP contribution is -2.55. The molecule has 1 saturated heterocycles. The largest absolute Gasteiger partial charge is 0.461 e. The fourth-order valence-corrected chi connectivity index (χ4v) is 6.50. The Morgan fingerprint density at radius 1 is 1.19 bits per heavy atom. The Labute approximate surface area is 255 Å². The zero-order valence-electron chi connectivity index (χ0n) is 24.0. The van der Waals surface area contributed by atoms with Crippen molar-refractivity contribution in [2.24, 2.45) is 0 Å². The number of amides is 1. The summed E-state index contributed by atoms with van der Waals surface area (Å²) >= 11 is 6.67. The molecule has 1 fully saturated rings. The van der Waals surface area contributed by atoms with Crippen LogP contribution in [-0.2, 0) is 17.8 Å². The molecule has 1 aromatic heterocycles. The first kappa shape index (κ1) is 28.9. The molecular weight excluding hydrogens is 569 g/mol. The molecule has 0 saturated carbocycles. The number of rotatable bonds is 7. The molecule has 3 aliphatic heterocycles. The van der Waals surface area contributed by atoms with Gasteiger partial charge in [-0.2, -0.15) is 15.2 Å². The average Bonchev–Trinajstić information content (AvgIpc) is 3.43. The van der Waals surface area contributed by atoms with Gasteiger partial charge in [-0.05, 0) is 31.0 Å². The van der Waals surface area contributed by atoms with E-state index in [2.05, 4.69) is 57.7 Å².